The third-order valence-electron chi connectivity index (χ3n) is 5.72. The minimum Gasteiger partial charge on any atom is -0.481 e. The number of ether oxygens (including phenoxy) is 1. The number of halogens is 1. The maximum Gasteiger partial charge on any atom is 0.415 e. The van der Waals surface area contributed by atoms with Crippen LogP contribution in [0, 0.1) is 5.92 Å². The molecular formula is C22H25FN4O6. The van der Waals surface area contributed by atoms with Gasteiger partial charge in [0.2, 0.25) is 0 Å². The van der Waals surface area contributed by atoms with Gasteiger partial charge in [-0.15, -0.1) is 0 Å². The van der Waals surface area contributed by atoms with Gasteiger partial charge in [-0.2, -0.15) is 10.2 Å². The lowest BCUT2D eigenvalue weighted by molar-refractivity contribution is -0.141. The standard InChI is InChI=1S/C22H25FN4O6/c1-12(2)19(20(31)26-15(8-18(29)30)17(28)9-23)33-21(32)27-16-7-5-4-6-13(16)14-10-24-25-11-22(14,27)3/h4-7,10-12,14-15,19H,8-9H2,1-3H3,(H,26,31)(H,29,30). The maximum absolute atomic E-state index is 13.3. The van der Waals surface area contributed by atoms with Gasteiger partial charge in [-0.3, -0.25) is 19.3 Å². The predicted octanol–water partition coefficient (Wildman–Crippen LogP) is 2.08. The summed E-state index contributed by atoms with van der Waals surface area (Å²) in [5.41, 5.74) is 0.498. The first-order valence-corrected chi connectivity index (χ1v) is 10.4. The van der Waals surface area contributed by atoms with Crippen molar-refractivity contribution in [2.24, 2.45) is 16.1 Å². The van der Waals surface area contributed by atoms with Crippen molar-refractivity contribution < 1.29 is 33.4 Å². The molecule has 33 heavy (non-hydrogen) atoms. The van der Waals surface area contributed by atoms with Gasteiger partial charge in [0.25, 0.3) is 5.91 Å². The van der Waals surface area contributed by atoms with Crippen LogP contribution >= 0.6 is 0 Å². The number of nitrogens with zero attached hydrogens (tertiary/aromatic N) is 3. The number of alkyl halides is 1. The number of carbonyl (C=O) groups excluding carboxylic acids is 3. The second kappa shape index (κ2) is 9.47. The molecule has 0 radical (unpaired) electrons. The minimum absolute atomic E-state index is 0.271. The number of amides is 2. The molecule has 1 aromatic carbocycles. The van der Waals surface area contributed by atoms with E-state index in [0.29, 0.717) is 5.69 Å². The van der Waals surface area contributed by atoms with Crippen molar-refractivity contribution in [3.63, 3.8) is 0 Å². The van der Waals surface area contributed by atoms with Crippen LogP contribution in [0.1, 0.15) is 38.7 Å². The van der Waals surface area contributed by atoms with Gasteiger partial charge in [0, 0.05) is 6.21 Å². The molecule has 176 valence electrons. The Hall–Kier alpha value is -3.63. The first-order valence-electron chi connectivity index (χ1n) is 10.4. The predicted molar refractivity (Wildman–Crippen MR) is 117 cm³/mol. The number of Topliss-reactive ketones (excluding diaryl/α,β-unsaturated/α-hetero) is 1. The lowest BCUT2D eigenvalue weighted by Gasteiger charge is -2.36. The molecule has 1 aromatic rings. The molecule has 0 aromatic heterocycles. The Balaban J connectivity index is 1.85. The van der Waals surface area contributed by atoms with Crippen LogP contribution in [0.5, 0.6) is 0 Å². The molecule has 10 nitrogen and oxygen atoms in total. The third-order valence-corrected chi connectivity index (χ3v) is 5.72. The number of para-hydroxylation sites is 1. The van der Waals surface area contributed by atoms with E-state index in [2.05, 4.69) is 15.5 Å². The molecule has 3 rings (SSSR count). The van der Waals surface area contributed by atoms with Gasteiger partial charge in [0.1, 0.15) is 12.7 Å². The van der Waals surface area contributed by atoms with Crippen molar-refractivity contribution in [1.82, 2.24) is 5.32 Å². The highest BCUT2D eigenvalue weighted by molar-refractivity contribution is 6.05. The van der Waals surface area contributed by atoms with Crippen LogP contribution in [0.3, 0.4) is 0 Å². The van der Waals surface area contributed by atoms with E-state index in [1.165, 1.54) is 11.1 Å². The number of carbonyl (C=O) groups is 4. The summed E-state index contributed by atoms with van der Waals surface area (Å²) in [6.45, 7) is 3.60. The van der Waals surface area contributed by atoms with Crippen LogP contribution in [-0.4, -0.2) is 65.6 Å². The Kier molecular flexibility index (Phi) is 6.89. The fourth-order valence-corrected chi connectivity index (χ4v) is 4.01. The first-order chi connectivity index (χ1) is 15.6. The molecule has 0 spiro atoms. The Morgan fingerprint density at radius 1 is 1.24 bits per heavy atom. The van der Waals surface area contributed by atoms with Crippen molar-refractivity contribution in [2.45, 2.75) is 50.8 Å². The number of ketones is 1. The summed E-state index contributed by atoms with van der Waals surface area (Å²) < 4.78 is 18.4. The zero-order chi connectivity index (χ0) is 24.3. The monoisotopic (exact) mass is 460 g/mol. The number of benzene rings is 1. The maximum atomic E-state index is 13.3. The average molecular weight is 460 g/mol. The van der Waals surface area contributed by atoms with Crippen LogP contribution in [0.25, 0.3) is 0 Å². The summed E-state index contributed by atoms with van der Waals surface area (Å²) in [5, 5.41) is 19.1. The molecule has 2 heterocycles. The lowest BCUT2D eigenvalue weighted by Crippen LogP contribution is -2.55. The fraction of sp³-hybridized carbons (Fsp3) is 0.455. The topological polar surface area (TPSA) is 138 Å². The highest BCUT2D eigenvalue weighted by Crippen LogP contribution is 2.47. The number of hydrogen-bond donors (Lipinski definition) is 2. The zero-order valence-corrected chi connectivity index (χ0v) is 18.4. The van der Waals surface area contributed by atoms with Gasteiger partial charge >= 0.3 is 12.1 Å². The van der Waals surface area contributed by atoms with E-state index in [4.69, 9.17) is 9.84 Å². The lowest BCUT2D eigenvalue weighted by atomic mass is 9.85. The fourth-order valence-electron chi connectivity index (χ4n) is 4.01. The second-order valence-electron chi connectivity index (χ2n) is 8.41. The quantitative estimate of drug-likeness (QED) is 0.609. The number of aliphatic carboxylic acids is 1. The number of carboxylic acids is 1. The van der Waals surface area contributed by atoms with Crippen LogP contribution < -0.4 is 10.2 Å². The molecular weight excluding hydrogens is 435 g/mol. The van der Waals surface area contributed by atoms with Crippen molar-refractivity contribution in [2.75, 3.05) is 11.6 Å². The highest BCUT2D eigenvalue weighted by Gasteiger charge is 2.52. The second-order valence-corrected chi connectivity index (χ2v) is 8.41. The molecule has 11 heteroatoms. The Bertz CT molecular complexity index is 1030. The molecule has 2 amide bonds. The van der Waals surface area contributed by atoms with Crippen molar-refractivity contribution in [3.05, 3.63) is 29.8 Å². The number of nitrogens with one attached hydrogen (secondary N) is 1. The number of hydrogen-bond acceptors (Lipinski definition) is 7. The van der Waals surface area contributed by atoms with E-state index >= 15 is 0 Å². The summed E-state index contributed by atoms with van der Waals surface area (Å²) in [7, 11) is 0. The van der Waals surface area contributed by atoms with Gasteiger partial charge in [0.05, 0.1) is 29.8 Å². The first kappa shape index (κ1) is 24.0. The molecule has 2 aliphatic heterocycles. The van der Waals surface area contributed by atoms with Crippen molar-refractivity contribution >= 4 is 41.9 Å². The van der Waals surface area contributed by atoms with E-state index in [-0.39, 0.29) is 5.92 Å². The van der Waals surface area contributed by atoms with E-state index in [1.54, 1.807) is 39.1 Å². The Morgan fingerprint density at radius 2 is 1.94 bits per heavy atom. The number of carboxylic acid groups (broad SMARTS) is 1. The van der Waals surface area contributed by atoms with E-state index in [0.717, 1.165) is 5.56 Å². The summed E-state index contributed by atoms with van der Waals surface area (Å²) in [5.74, 6) is -4.15. The summed E-state index contributed by atoms with van der Waals surface area (Å²) >= 11 is 0. The van der Waals surface area contributed by atoms with E-state index in [9.17, 15) is 23.6 Å². The van der Waals surface area contributed by atoms with Gasteiger partial charge < -0.3 is 15.2 Å². The molecule has 4 unspecified atom stereocenters. The molecule has 2 N–H and O–H groups in total. The highest BCUT2D eigenvalue weighted by atomic mass is 19.1. The van der Waals surface area contributed by atoms with Crippen LogP contribution in [0.15, 0.2) is 34.5 Å². The van der Waals surface area contributed by atoms with E-state index < -0.39 is 60.5 Å². The van der Waals surface area contributed by atoms with Crippen molar-refractivity contribution in [1.29, 1.82) is 0 Å². The van der Waals surface area contributed by atoms with Crippen LogP contribution in [0.2, 0.25) is 0 Å². The SMILES string of the molecule is CC(C)C(OC(=O)N1c2ccccc2C2C=NN=CC21C)C(=O)NC(CC(=O)O)C(=O)CF. The number of fused-ring (bicyclic) bond motifs is 3. The van der Waals surface area contributed by atoms with Gasteiger partial charge in [0.15, 0.2) is 11.9 Å². The molecule has 2 aliphatic rings. The largest absolute Gasteiger partial charge is 0.481 e. The minimum atomic E-state index is -1.57. The van der Waals surface area contributed by atoms with Gasteiger partial charge in [-0.05, 0) is 24.5 Å². The third kappa shape index (κ3) is 4.62. The van der Waals surface area contributed by atoms with Crippen molar-refractivity contribution in [3.8, 4) is 0 Å². The van der Waals surface area contributed by atoms with Crippen LogP contribution in [-0.2, 0) is 19.1 Å². The summed E-state index contributed by atoms with van der Waals surface area (Å²) in [4.78, 5) is 50.3. The number of rotatable bonds is 8. The molecule has 4 atom stereocenters. The van der Waals surface area contributed by atoms with Gasteiger partial charge in [-0.25, -0.2) is 9.18 Å². The normalized spacial score (nSPS) is 22.3. The molecule has 0 saturated heterocycles. The average Bonchev–Trinajstić information content (AvgIpc) is 3.03. The zero-order valence-electron chi connectivity index (χ0n) is 18.4. The Labute approximate surface area is 189 Å². The molecule has 0 aliphatic carbocycles. The summed E-state index contributed by atoms with van der Waals surface area (Å²) in [6, 6.07) is 5.64. The molecule has 0 fully saturated rings. The summed E-state index contributed by atoms with van der Waals surface area (Å²) in [6.07, 6.45) is 0.201. The Morgan fingerprint density at radius 3 is 2.58 bits per heavy atom. The smallest absolute Gasteiger partial charge is 0.415 e. The van der Waals surface area contributed by atoms with Crippen LogP contribution in [0.4, 0.5) is 14.9 Å². The molecule has 0 bridgehead atoms. The van der Waals surface area contributed by atoms with Gasteiger partial charge in [-0.1, -0.05) is 32.0 Å². The molecule has 0 saturated carbocycles. The number of anilines is 1. The van der Waals surface area contributed by atoms with E-state index in [1.807, 2.05) is 12.1 Å².